The fourth-order valence-electron chi connectivity index (χ4n) is 8.30. The third kappa shape index (κ3) is 4.38. The van der Waals surface area contributed by atoms with Gasteiger partial charge in [-0.15, -0.1) is 0 Å². The van der Waals surface area contributed by atoms with Crippen LogP contribution in [0, 0.1) is 40.9 Å². The van der Waals surface area contributed by atoms with Crippen LogP contribution in [-0.4, -0.2) is 12.2 Å². The van der Waals surface area contributed by atoms with Crippen LogP contribution in [-0.2, 0) is 12.6 Å². The smallest absolute Gasteiger partial charge is 0.416 e. The normalized spacial score (nSPS) is 26.5. The quantitative estimate of drug-likeness (QED) is 0.335. The summed E-state index contributed by atoms with van der Waals surface area (Å²) in [5.74, 6) is -0.231. The minimum Gasteiger partial charge on any atom is -0.510 e. The van der Waals surface area contributed by atoms with Crippen LogP contribution in [0.25, 0.3) is 16.7 Å². The summed E-state index contributed by atoms with van der Waals surface area (Å²) in [6, 6.07) is 11.6. The van der Waals surface area contributed by atoms with Crippen LogP contribution in [0.1, 0.15) is 55.9 Å². The first-order valence-corrected chi connectivity index (χ1v) is 14.4. The minimum atomic E-state index is -4.41. The molecule has 0 heterocycles. The van der Waals surface area contributed by atoms with Crippen molar-refractivity contribution in [1.82, 2.24) is 0 Å². The fraction of sp³-hybridized carbons (Fsp3) is 0.361. The molecule has 5 rings (SSSR count). The Hall–Kier alpha value is -4.02. The summed E-state index contributed by atoms with van der Waals surface area (Å²) in [4.78, 5) is 0. The van der Waals surface area contributed by atoms with Crippen molar-refractivity contribution in [1.29, 1.82) is 5.26 Å². The lowest BCUT2D eigenvalue weighted by atomic mass is 9.42. The number of allylic oxidation sites excluding steroid dienone is 5. The Labute approximate surface area is 252 Å². The van der Waals surface area contributed by atoms with Crippen molar-refractivity contribution in [3.8, 4) is 17.2 Å². The standard InChI is InChI=1S/C35H35F3N2O.CH5N/c1-8-28-19(3)30(22(6)40)21(5)34(17-39)32(41)31-20(4)29-18(2)9-14-26(27(29)15-24(31)16-33(28,34)7)23-10-12-25(13-11-23)35(36,37)38;1-2/h9-14,24,28,41H,4-6,8,15-16,40H2,1-3,7H3;2H2,1H3/t24-,28+,33-,34-;/m0./s1. The van der Waals surface area contributed by atoms with E-state index >= 15 is 0 Å². The maximum atomic E-state index is 13.3. The minimum absolute atomic E-state index is 0.0246. The fourth-order valence-corrected chi connectivity index (χ4v) is 8.30. The molecule has 0 saturated carbocycles. The molecule has 43 heavy (non-hydrogen) atoms. The van der Waals surface area contributed by atoms with Gasteiger partial charge in [0.15, 0.2) is 0 Å². The maximum Gasteiger partial charge on any atom is 0.416 e. The molecule has 3 aliphatic carbocycles. The Morgan fingerprint density at radius 2 is 1.72 bits per heavy atom. The number of fused-ring (bicyclic) bond motifs is 3. The molecule has 5 N–H and O–H groups in total. The molecule has 0 spiro atoms. The highest BCUT2D eigenvalue weighted by molar-refractivity contribution is 5.89. The van der Waals surface area contributed by atoms with E-state index in [1.54, 1.807) is 0 Å². The summed E-state index contributed by atoms with van der Waals surface area (Å²) in [5.41, 5.74) is 16.0. The monoisotopic (exact) mass is 587 g/mol. The second-order valence-corrected chi connectivity index (χ2v) is 12.0. The zero-order chi connectivity index (χ0) is 32.2. The maximum absolute atomic E-state index is 13.3. The molecule has 0 fully saturated rings. The van der Waals surface area contributed by atoms with E-state index in [4.69, 9.17) is 5.73 Å². The first kappa shape index (κ1) is 31.9. The number of nitrogens with zero attached hydrogens (tertiary/aromatic N) is 1. The Bertz CT molecular complexity index is 1640. The van der Waals surface area contributed by atoms with E-state index in [1.165, 1.54) is 19.2 Å². The lowest BCUT2D eigenvalue weighted by molar-refractivity contribution is -0.137. The number of benzene rings is 2. The molecule has 2 aromatic rings. The van der Waals surface area contributed by atoms with E-state index in [0.29, 0.717) is 46.4 Å². The van der Waals surface area contributed by atoms with E-state index in [1.807, 2.05) is 26.0 Å². The Kier molecular flexibility index (Phi) is 8.10. The SMILES string of the molecule is C=C(N)C1=C(C)[C@@H](CC)[C@]2(C)C[C@@H]3Cc4c(-c5ccc(C(F)(F)F)cc5)ccc(C)c4C(=C)C3=C(O)[C@]2(C#N)C1=C.CN. The van der Waals surface area contributed by atoms with Crippen molar-refractivity contribution in [3.05, 3.63) is 112 Å². The molecule has 0 aromatic heterocycles. The van der Waals surface area contributed by atoms with Crippen molar-refractivity contribution in [2.24, 2.45) is 34.1 Å². The molecule has 0 bridgehead atoms. The van der Waals surface area contributed by atoms with Crippen LogP contribution in [0.4, 0.5) is 13.2 Å². The molecule has 0 radical (unpaired) electrons. The number of nitriles is 1. The highest BCUT2D eigenvalue weighted by Gasteiger charge is 2.65. The molecule has 7 heteroatoms. The predicted octanol–water partition coefficient (Wildman–Crippen LogP) is 8.56. The summed E-state index contributed by atoms with van der Waals surface area (Å²) in [6.45, 7) is 20.8. The molecule has 0 unspecified atom stereocenters. The number of alkyl halides is 3. The number of aryl methyl sites for hydroxylation is 1. The average molecular weight is 588 g/mol. The third-order valence-corrected chi connectivity index (χ3v) is 10.0. The molecular formula is C36H40F3N3O. The van der Waals surface area contributed by atoms with Gasteiger partial charge < -0.3 is 16.6 Å². The number of aliphatic hydroxyl groups excluding tert-OH is 1. The zero-order valence-electron chi connectivity index (χ0n) is 25.5. The van der Waals surface area contributed by atoms with Gasteiger partial charge in [-0.25, -0.2) is 0 Å². The van der Waals surface area contributed by atoms with Crippen molar-refractivity contribution >= 4 is 5.57 Å². The topological polar surface area (TPSA) is 96.1 Å². The van der Waals surface area contributed by atoms with Gasteiger partial charge in [0.1, 0.15) is 11.2 Å². The van der Waals surface area contributed by atoms with Crippen molar-refractivity contribution in [2.45, 2.75) is 53.1 Å². The number of rotatable bonds is 3. The molecule has 0 saturated heterocycles. The molecule has 226 valence electrons. The van der Waals surface area contributed by atoms with Gasteiger partial charge in [0.25, 0.3) is 0 Å². The highest BCUT2D eigenvalue weighted by Crippen LogP contribution is 2.69. The van der Waals surface area contributed by atoms with E-state index in [-0.39, 0.29) is 17.6 Å². The summed E-state index contributed by atoms with van der Waals surface area (Å²) in [6.07, 6.45) is -2.52. The number of hydrogen-bond acceptors (Lipinski definition) is 4. The van der Waals surface area contributed by atoms with Crippen molar-refractivity contribution < 1.29 is 18.3 Å². The molecule has 3 aliphatic rings. The molecule has 4 nitrogen and oxygen atoms in total. The van der Waals surface area contributed by atoms with Gasteiger partial charge in [-0.1, -0.05) is 63.4 Å². The van der Waals surface area contributed by atoms with Gasteiger partial charge in [-0.3, -0.25) is 0 Å². The van der Waals surface area contributed by atoms with Gasteiger partial charge in [-0.05, 0) is 103 Å². The Morgan fingerprint density at radius 1 is 1.12 bits per heavy atom. The Morgan fingerprint density at radius 3 is 2.23 bits per heavy atom. The zero-order valence-corrected chi connectivity index (χ0v) is 25.5. The van der Waals surface area contributed by atoms with E-state index in [9.17, 15) is 23.5 Å². The van der Waals surface area contributed by atoms with E-state index in [2.05, 4.69) is 45.4 Å². The first-order chi connectivity index (χ1) is 20.1. The van der Waals surface area contributed by atoms with Crippen LogP contribution in [0.3, 0.4) is 0 Å². The summed E-state index contributed by atoms with van der Waals surface area (Å²) >= 11 is 0. The summed E-state index contributed by atoms with van der Waals surface area (Å²) in [5, 5.41) is 23.1. The van der Waals surface area contributed by atoms with Gasteiger partial charge in [0.2, 0.25) is 0 Å². The Balaban J connectivity index is 0.00000207. The largest absolute Gasteiger partial charge is 0.510 e. The number of aliphatic hydroxyl groups is 1. The van der Waals surface area contributed by atoms with Crippen LogP contribution in [0.15, 0.2) is 89.9 Å². The van der Waals surface area contributed by atoms with Crippen LogP contribution in [0.2, 0.25) is 0 Å². The van der Waals surface area contributed by atoms with Crippen molar-refractivity contribution in [3.63, 3.8) is 0 Å². The van der Waals surface area contributed by atoms with Crippen LogP contribution < -0.4 is 11.5 Å². The van der Waals surface area contributed by atoms with E-state index in [0.717, 1.165) is 46.4 Å². The van der Waals surface area contributed by atoms with Crippen LogP contribution in [0.5, 0.6) is 0 Å². The van der Waals surface area contributed by atoms with Crippen molar-refractivity contribution in [2.75, 3.05) is 7.05 Å². The number of hydrogen-bond donors (Lipinski definition) is 3. The average Bonchev–Trinajstić information content (AvgIpc) is 2.94. The first-order valence-electron chi connectivity index (χ1n) is 14.4. The molecular weight excluding hydrogens is 547 g/mol. The number of nitrogens with two attached hydrogens (primary N) is 2. The second kappa shape index (κ2) is 10.9. The lowest BCUT2D eigenvalue weighted by Gasteiger charge is -2.59. The second-order valence-electron chi connectivity index (χ2n) is 12.0. The summed E-state index contributed by atoms with van der Waals surface area (Å²) in [7, 11) is 1.50. The molecule has 0 aliphatic heterocycles. The van der Waals surface area contributed by atoms with Crippen LogP contribution >= 0.6 is 0 Å². The molecule has 2 aromatic carbocycles. The van der Waals surface area contributed by atoms with Gasteiger partial charge in [-0.2, -0.15) is 18.4 Å². The lowest BCUT2D eigenvalue weighted by Crippen LogP contribution is -2.55. The predicted molar refractivity (Wildman–Crippen MR) is 167 cm³/mol. The molecule has 4 atom stereocenters. The van der Waals surface area contributed by atoms with Gasteiger partial charge in [0, 0.05) is 22.3 Å². The summed E-state index contributed by atoms with van der Waals surface area (Å²) < 4.78 is 39.8. The number of halogens is 3. The molecule has 0 amide bonds. The third-order valence-electron chi connectivity index (χ3n) is 10.0. The van der Waals surface area contributed by atoms with E-state index < -0.39 is 22.6 Å². The van der Waals surface area contributed by atoms with Gasteiger partial charge >= 0.3 is 6.18 Å². The van der Waals surface area contributed by atoms with Gasteiger partial charge in [0.05, 0.1) is 11.6 Å². The highest BCUT2D eigenvalue weighted by atomic mass is 19.4.